The maximum atomic E-state index is 5.96. The molecule has 0 aliphatic carbocycles. The lowest BCUT2D eigenvalue weighted by Crippen LogP contribution is -2.48. The molecule has 0 unspecified atom stereocenters. The summed E-state index contributed by atoms with van der Waals surface area (Å²) < 4.78 is 12.9. The molecule has 0 aromatic carbocycles. The second-order valence-electron chi connectivity index (χ2n) is 6.12. The van der Waals surface area contributed by atoms with E-state index in [1.807, 2.05) is 0 Å². The van der Waals surface area contributed by atoms with Gasteiger partial charge >= 0.3 is 7.12 Å². The Labute approximate surface area is 94.5 Å². The average Bonchev–Trinajstić information content (AvgIpc) is 2.19. The fourth-order valence-corrected chi connectivity index (χ4v) is 1.57. The molecule has 1 heterocycles. The molecular weight excluding hydrogens is 189 g/mol. The molecule has 0 N–H and O–H groups in total. The summed E-state index contributed by atoms with van der Waals surface area (Å²) >= 11 is 0. The first-order chi connectivity index (χ1) is 6.60. The van der Waals surface area contributed by atoms with E-state index in [0.29, 0.717) is 0 Å². The summed E-state index contributed by atoms with van der Waals surface area (Å²) in [6.07, 6.45) is 0.906. The van der Waals surface area contributed by atoms with Crippen LogP contribution in [0.3, 0.4) is 0 Å². The topological polar surface area (TPSA) is 18.5 Å². The first-order valence-corrected chi connectivity index (χ1v) is 5.77. The van der Waals surface area contributed by atoms with Gasteiger partial charge in [-0.25, -0.2) is 0 Å². The summed E-state index contributed by atoms with van der Waals surface area (Å²) in [6, 6.07) is 0. The SMILES string of the molecule is CC[N+](C)(C)CB1OC(C)(C)C(C)(C)O1. The minimum atomic E-state index is -0.203. The van der Waals surface area contributed by atoms with Crippen molar-refractivity contribution in [1.82, 2.24) is 0 Å². The molecule has 1 saturated heterocycles. The molecule has 0 saturated carbocycles. The van der Waals surface area contributed by atoms with Crippen molar-refractivity contribution < 1.29 is 13.8 Å². The Bertz CT molecular complexity index is 223. The number of rotatable bonds is 3. The highest BCUT2D eigenvalue weighted by atomic mass is 16.7. The molecule has 3 nitrogen and oxygen atoms in total. The van der Waals surface area contributed by atoms with Crippen molar-refractivity contribution in [2.75, 3.05) is 27.1 Å². The Morgan fingerprint density at radius 1 is 1.00 bits per heavy atom. The predicted octanol–water partition coefficient (Wildman–Crippen LogP) is 1.71. The molecule has 1 aliphatic rings. The van der Waals surface area contributed by atoms with Crippen LogP contribution in [0.2, 0.25) is 0 Å². The summed E-state index contributed by atoms with van der Waals surface area (Å²) in [5.41, 5.74) is -0.406. The lowest BCUT2D eigenvalue weighted by atomic mass is 9.88. The van der Waals surface area contributed by atoms with Crippen LogP contribution in [-0.4, -0.2) is 49.9 Å². The minimum absolute atomic E-state index is 0.0788. The molecule has 0 amide bonds. The van der Waals surface area contributed by atoms with E-state index in [0.717, 1.165) is 17.5 Å². The number of hydrogen-bond donors (Lipinski definition) is 0. The molecule has 1 aliphatic heterocycles. The quantitative estimate of drug-likeness (QED) is 0.526. The van der Waals surface area contributed by atoms with Gasteiger partial charge in [0.25, 0.3) is 0 Å². The molecule has 1 rings (SSSR count). The molecular formula is C11H25BNO2+. The van der Waals surface area contributed by atoms with Crippen molar-refractivity contribution in [3.8, 4) is 0 Å². The van der Waals surface area contributed by atoms with Gasteiger partial charge in [-0.05, 0) is 34.6 Å². The second-order valence-corrected chi connectivity index (χ2v) is 6.12. The third kappa shape index (κ3) is 2.74. The fourth-order valence-electron chi connectivity index (χ4n) is 1.57. The van der Waals surface area contributed by atoms with Gasteiger partial charge in [0, 0.05) is 0 Å². The Hall–Kier alpha value is -0.0551. The van der Waals surface area contributed by atoms with E-state index in [1.165, 1.54) is 0 Å². The van der Waals surface area contributed by atoms with Gasteiger partial charge in [0.1, 0.15) is 6.44 Å². The number of quaternary nitrogens is 1. The molecule has 88 valence electrons. The van der Waals surface area contributed by atoms with Crippen LogP contribution in [-0.2, 0) is 9.31 Å². The van der Waals surface area contributed by atoms with E-state index in [9.17, 15) is 0 Å². The zero-order chi connectivity index (χ0) is 11.9. The first kappa shape index (κ1) is 13.0. The molecule has 0 bridgehead atoms. The average molecular weight is 214 g/mol. The number of hydrogen-bond acceptors (Lipinski definition) is 2. The normalized spacial score (nSPS) is 24.6. The largest absolute Gasteiger partial charge is 0.517 e. The van der Waals surface area contributed by atoms with Crippen molar-refractivity contribution in [1.29, 1.82) is 0 Å². The summed E-state index contributed by atoms with van der Waals surface area (Å²) in [5.74, 6) is 0. The number of nitrogens with zero attached hydrogens (tertiary/aromatic N) is 1. The lowest BCUT2D eigenvalue weighted by Gasteiger charge is -2.32. The molecule has 0 spiro atoms. The smallest absolute Gasteiger partial charge is 0.400 e. The predicted molar refractivity (Wildman–Crippen MR) is 63.6 cm³/mol. The Morgan fingerprint density at radius 2 is 1.40 bits per heavy atom. The van der Waals surface area contributed by atoms with Crippen LogP contribution >= 0.6 is 0 Å². The van der Waals surface area contributed by atoms with Crippen LogP contribution in [0.4, 0.5) is 0 Å². The molecule has 15 heavy (non-hydrogen) atoms. The van der Waals surface area contributed by atoms with Crippen molar-refractivity contribution in [3.63, 3.8) is 0 Å². The fraction of sp³-hybridized carbons (Fsp3) is 1.00. The van der Waals surface area contributed by atoms with E-state index in [2.05, 4.69) is 48.7 Å². The molecule has 1 fully saturated rings. The Morgan fingerprint density at radius 3 is 1.73 bits per heavy atom. The maximum absolute atomic E-state index is 5.96. The van der Waals surface area contributed by atoms with Gasteiger partial charge in [-0.3, -0.25) is 0 Å². The van der Waals surface area contributed by atoms with Crippen molar-refractivity contribution in [2.24, 2.45) is 0 Å². The molecule has 0 aromatic heterocycles. The second kappa shape index (κ2) is 3.76. The first-order valence-electron chi connectivity index (χ1n) is 5.77. The Balaban J connectivity index is 2.64. The van der Waals surface area contributed by atoms with Gasteiger partial charge in [0.2, 0.25) is 0 Å². The van der Waals surface area contributed by atoms with Crippen LogP contribution in [0.5, 0.6) is 0 Å². The van der Waals surface area contributed by atoms with Crippen LogP contribution in [0, 0.1) is 0 Å². The monoisotopic (exact) mass is 214 g/mol. The van der Waals surface area contributed by atoms with Crippen molar-refractivity contribution >= 4 is 7.12 Å². The van der Waals surface area contributed by atoms with Crippen molar-refractivity contribution in [3.05, 3.63) is 0 Å². The van der Waals surface area contributed by atoms with Gasteiger partial charge in [-0.15, -0.1) is 0 Å². The van der Waals surface area contributed by atoms with Gasteiger partial charge < -0.3 is 13.8 Å². The summed E-state index contributed by atoms with van der Waals surface area (Å²) in [6.45, 7) is 11.7. The van der Waals surface area contributed by atoms with Crippen LogP contribution in [0.15, 0.2) is 0 Å². The standard InChI is InChI=1S/C11H25BNO2/c1-8-13(6,7)9-12-14-10(2,3)11(4,5)15-12/h8-9H2,1-7H3/q+1. The third-order valence-corrected chi connectivity index (χ3v) is 3.80. The van der Waals surface area contributed by atoms with E-state index < -0.39 is 0 Å². The van der Waals surface area contributed by atoms with Crippen LogP contribution in [0.1, 0.15) is 34.6 Å². The van der Waals surface area contributed by atoms with Gasteiger partial charge in [-0.2, -0.15) is 0 Å². The van der Waals surface area contributed by atoms with E-state index in [1.54, 1.807) is 0 Å². The van der Waals surface area contributed by atoms with Crippen LogP contribution < -0.4 is 0 Å². The van der Waals surface area contributed by atoms with E-state index in [-0.39, 0.29) is 18.3 Å². The van der Waals surface area contributed by atoms with Crippen LogP contribution in [0.25, 0.3) is 0 Å². The van der Waals surface area contributed by atoms with Crippen molar-refractivity contribution in [2.45, 2.75) is 45.8 Å². The summed E-state index contributed by atoms with van der Waals surface area (Å²) in [4.78, 5) is 0. The lowest BCUT2D eigenvalue weighted by molar-refractivity contribution is -0.879. The van der Waals surface area contributed by atoms with Gasteiger partial charge in [0.15, 0.2) is 0 Å². The third-order valence-electron chi connectivity index (χ3n) is 3.80. The molecule has 0 radical (unpaired) electrons. The summed E-state index contributed by atoms with van der Waals surface area (Å²) in [7, 11) is 4.32. The molecule has 0 atom stereocenters. The van der Waals surface area contributed by atoms with E-state index >= 15 is 0 Å². The van der Waals surface area contributed by atoms with Gasteiger partial charge in [-0.1, -0.05) is 0 Å². The summed E-state index contributed by atoms with van der Waals surface area (Å²) in [5, 5.41) is 0. The highest BCUT2D eigenvalue weighted by Crippen LogP contribution is 2.36. The molecule has 0 aromatic rings. The van der Waals surface area contributed by atoms with E-state index in [4.69, 9.17) is 9.31 Å². The van der Waals surface area contributed by atoms with Gasteiger partial charge in [0.05, 0.1) is 31.8 Å². The zero-order valence-electron chi connectivity index (χ0n) is 11.3. The highest BCUT2D eigenvalue weighted by molar-refractivity contribution is 6.45. The Kier molecular flexibility index (Phi) is 3.26. The molecule has 4 heteroatoms. The highest BCUT2D eigenvalue weighted by Gasteiger charge is 2.52. The zero-order valence-corrected chi connectivity index (χ0v) is 11.3. The maximum Gasteiger partial charge on any atom is 0.517 e. The minimum Gasteiger partial charge on any atom is -0.400 e.